The minimum absolute atomic E-state index is 0.0222. The van der Waals surface area contributed by atoms with Crippen LogP contribution in [0.25, 0.3) is 0 Å². The average Bonchev–Trinajstić information content (AvgIpc) is 2.80. The Morgan fingerprint density at radius 1 is 1.45 bits per heavy atom. The van der Waals surface area contributed by atoms with Crippen molar-refractivity contribution in [1.82, 2.24) is 14.9 Å². The molecule has 1 aliphatic heterocycles. The van der Waals surface area contributed by atoms with Gasteiger partial charge in [-0.15, -0.1) is 0 Å². The Bertz CT molecular complexity index is 556. The first-order chi connectivity index (χ1) is 10.4. The lowest BCUT2D eigenvalue weighted by molar-refractivity contribution is -0.130. The molecule has 7 nitrogen and oxygen atoms in total. The number of nitrogens with one attached hydrogen (secondary N) is 1. The van der Waals surface area contributed by atoms with E-state index in [1.807, 2.05) is 26.8 Å². The molecule has 0 saturated carbocycles. The zero-order chi connectivity index (χ0) is 16.3. The number of methoxy groups -OCH3 is 1. The SMILES string of the molecule is COC[C@@H](C)N1C[C@H](C(=O)Nc2nc(C)cc(C)n2)CC1=O. The molecule has 1 aromatic rings. The zero-order valence-electron chi connectivity index (χ0n) is 13.4. The van der Waals surface area contributed by atoms with Crippen molar-refractivity contribution in [2.75, 3.05) is 25.6 Å². The highest BCUT2D eigenvalue weighted by molar-refractivity contribution is 5.96. The number of likely N-dealkylation sites (tertiary alicyclic amines) is 1. The third kappa shape index (κ3) is 3.79. The minimum Gasteiger partial charge on any atom is -0.383 e. The van der Waals surface area contributed by atoms with Gasteiger partial charge in [-0.1, -0.05) is 0 Å². The summed E-state index contributed by atoms with van der Waals surface area (Å²) in [6, 6.07) is 1.80. The van der Waals surface area contributed by atoms with Crippen molar-refractivity contribution in [3.05, 3.63) is 17.5 Å². The molecule has 1 fully saturated rings. The fourth-order valence-electron chi connectivity index (χ4n) is 2.66. The van der Waals surface area contributed by atoms with Crippen molar-refractivity contribution in [2.45, 2.75) is 33.2 Å². The first-order valence-electron chi connectivity index (χ1n) is 7.32. The highest BCUT2D eigenvalue weighted by Gasteiger charge is 2.36. The second-order valence-corrected chi connectivity index (χ2v) is 5.72. The van der Waals surface area contributed by atoms with Gasteiger partial charge in [-0.3, -0.25) is 14.9 Å². The van der Waals surface area contributed by atoms with Crippen molar-refractivity contribution >= 4 is 17.8 Å². The second-order valence-electron chi connectivity index (χ2n) is 5.72. The van der Waals surface area contributed by atoms with Crippen LogP contribution in [0.2, 0.25) is 0 Å². The largest absolute Gasteiger partial charge is 0.383 e. The lowest BCUT2D eigenvalue weighted by Gasteiger charge is -2.23. The number of hydrogen-bond acceptors (Lipinski definition) is 5. The topological polar surface area (TPSA) is 84.4 Å². The molecule has 2 atom stereocenters. The van der Waals surface area contributed by atoms with Gasteiger partial charge in [0.25, 0.3) is 0 Å². The Morgan fingerprint density at radius 2 is 2.09 bits per heavy atom. The van der Waals surface area contributed by atoms with E-state index in [2.05, 4.69) is 15.3 Å². The quantitative estimate of drug-likeness (QED) is 0.874. The predicted octanol–water partition coefficient (Wildman–Crippen LogP) is 0.915. The van der Waals surface area contributed by atoms with Crippen LogP contribution in [0, 0.1) is 19.8 Å². The number of carbonyl (C=O) groups is 2. The van der Waals surface area contributed by atoms with Gasteiger partial charge in [0.15, 0.2) is 0 Å². The summed E-state index contributed by atoms with van der Waals surface area (Å²) in [5.74, 6) is -0.328. The number of ether oxygens (including phenoxy) is 1. The molecule has 1 aliphatic rings. The van der Waals surface area contributed by atoms with Crippen LogP contribution in [0.1, 0.15) is 24.7 Å². The van der Waals surface area contributed by atoms with Crippen molar-refractivity contribution in [2.24, 2.45) is 5.92 Å². The van der Waals surface area contributed by atoms with E-state index in [0.29, 0.717) is 19.1 Å². The number of hydrogen-bond donors (Lipinski definition) is 1. The Kier molecular flexibility index (Phi) is 5.07. The molecule has 0 aromatic carbocycles. The lowest BCUT2D eigenvalue weighted by Crippen LogP contribution is -2.38. The summed E-state index contributed by atoms with van der Waals surface area (Å²) in [4.78, 5) is 34.4. The van der Waals surface area contributed by atoms with Crippen molar-refractivity contribution < 1.29 is 14.3 Å². The molecular formula is C15H22N4O3. The van der Waals surface area contributed by atoms with E-state index in [1.165, 1.54) is 0 Å². The molecule has 22 heavy (non-hydrogen) atoms. The van der Waals surface area contributed by atoms with Crippen LogP contribution < -0.4 is 5.32 Å². The van der Waals surface area contributed by atoms with Crippen LogP contribution in [0.5, 0.6) is 0 Å². The van der Waals surface area contributed by atoms with Crippen LogP contribution in [0.4, 0.5) is 5.95 Å². The molecule has 1 N–H and O–H groups in total. The number of nitrogens with zero attached hydrogens (tertiary/aromatic N) is 3. The third-order valence-electron chi connectivity index (χ3n) is 3.69. The van der Waals surface area contributed by atoms with Crippen LogP contribution in [-0.2, 0) is 14.3 Å². The number of carbonyl (C=O) groups excluding carboxylic acids is 2. The lowest BCUT2D eigenvalue weighted by atomic mass is 10.1. The van der Waals surface area contributed by atoms with Crippen molar-refractivity contribution in [3.8, 4) is 0 Å². The van der Waals surface area contributed by atoms with E-state index < -0.39 is 0 Å². The van der Waals surface area contributed by atoms with E-state index >= 15 is 0 Å². The van der Waals surface area contributed by atoms with Crippen molar-refractivity contribution in [1.29, 1.82) is 0 Å². The summed E-state index contributed by atoms with van der Waals surface area (Å²) in [6.07, 6.45) is 0.213. The predicted molar refractivity (Wildman–Crippen MR) is 81.3 cm³/mol. The maximum Gasteiger partial charge on any atom is 0.232 e. The number of aromatic nitrogens is 2. The highest BCUT2D eigenvalue weighted by atomic mass is 16.5. The van der Waals surface area contributed by atoms with Gasteiger partial charge in [0.2, 0.25) is 17.8 Å². The Labute approximate surface area is 130 Å². The van der Waals surface area contributed by atoms with Gasteiger partial charge in [0.05, 0.1) is 18.6 Å². The average molecular weight is 306 g/mol. The van der Waals surface area contributed by atoms with E-state index in [9.17, 15) is 9.59 Å². The highest BCUT2D eigenvalue weighted by Crippen LogP contribution is 2.21. The molecule has 0 aliphatic carbocycles. The first kappa shape index (κ1) is 16.4. The third-order valence-corrected chi connectivity index (χ3v) is 3.69. The molecule has 2 amide bonds. The smallest absolute Gasteiger partial charge is 0.232 e. The molecule has 0 spiro atoms. The van der Waals surface area contributed by atoms with Crippen LogP contribution in [0.15, 0.2) is 6.07 Å². The van der Waals surface area contributed by atoms with Gasteiger partial charge in [0.1, 0.15) is 0 Å². The van der Waals surface area contributed by atoms with Gasteiger partial charge < -0.3 is 9.64 Å². The molecule has 0 radical (unpaired) electrons. The zero-order valence-corrected chi connectivity index (χ0v) is 13.4. The van der Waals surface area contributed by atoms with Gasteiger partial charge >= 0.3 is 0 Å². The molecule has 0 bridgehead atoms. The van der Waals surface area contributed by atoms with Gasteiger partial charge in [-0.25, -0.2) is 9.97 Å². The number of rotatable bonds is 5. The molecule has 0 unspecified atom stereocenters. The van der Waals surface area contributed by atoms with Crippen LogP contribution >= 0.6 is 0 Å². The number of amides is 2. The molecular weight excluding hydrogens is 284 g/mol. The van der Waals surface area contributed by atoms with E-state index in [1.54, 1.807) is 12.0 Å². The summed E-state index contributed by atoms with van der Waals surface area (Å²) in [6.45, 7) is 6.46. The van der Waals surface area contributed by atoms with Gasteiger partial charge in [-0.05, 0) is 26.8 Å². The summed E-state index contributed by atoms with van der Waals surface area (Å²) in [5, 5.41) is 2.71. The van der Waals surface area contributed by atoms with E-state index in [4.69, 9.17) is 4.74 Å². The monoisotopic (exact) mass is 306 g/mol. The van der Waals surface area contributed by atoms with E-state index in [0.717, 1.165) is 11.4 Å². The van der Waals surface area contributed by atoms with Crippen LogP contribution in [0.3, 0.4) is 0 Å². The summed E-state index contributed by atoms with van der Waals surface area (Å²) >= 11 is 0. The fourth-order valence-corrected chi connectivity index (χ4v) is 2.66. The second kappa shape index (κ2) is 6.83. The molecule has 120 valence electrons. The Hall–Kier alpha value is -2.02. The molecule has 2 rings (SSSR count). The van der Waals surface area contributed by atoms with Gasteiger partial charge in [0, 0.05) is 31.5 Å². The molecule has 1 aromatic heterocycles. The Morgan fingerprint density at radius 3 is 2.68 bits per heavy atom. The Balaban J connectivity index is 2.00. The fraction of sp³-hybridized carbons (Fsp3) is 0.600. The normalized spacial score (nSPS) is 19.4. The first-order valence-corrected chi connectivity index (χ1v) is 7.32. The summed E-state index contributed by atoms with van der Waals surface area (Å²) in [7, 11) is 1.60. The molecule has 1 saturated heterocycles. The standard InChI is InChI=1S/C15H22N4O3/c1-9-5-10(2)17-15(16-9)18-14(21)12-6-13(20)19(7-12)11(3)8-22-4/h5,11-12H,6-8H2,1-4H3,(H,16,17,18,21)/t11-,12-/m1/s1. The summed E-state index contributed by atoms with van der Waals surface area (Å²) in [5.41, 5.74) is 1.58. The van der Waals surface area contributed by atoms with E-state index in [-0.39, 0.29) is 30.2 Å². The summed E-state index contributed by atoms with van der Waals surface area (Å²) < 4.78 is 5.07. The van der Waals surface area contributed by atoms with Gasteiger partial charge in [-0.2, -0.15) is 0 Å². The minimum atomic E-state index is -0.378. The maximum atomic E-state index is 12.3. The maximum absolute atomic E-state index is 12.3. The number of anilines is 1. The number of aryl methyl sites for hydroxylation is 2. The van der Waals surface area contributed by atoms with Crippen LogP contribution in [-0.4, -0.2) is 53.0 Å². The van der Waals surface area contributed by atoms with Crippen molar-refractivity contribution in [3.63, 3.8) is 0 Å². The molecule has 2 heterocycles. The molecule has 7 heteroatoms.